The second-order valence-corrected chi connectivity index (χ2v) is 9.84. The van der Waals surface area contributed by atoms with Crippen LogP contribution in [0.5, 0.6) is 0 Å². The van der Waals surface area contributed by atoms with E-state index >= 15 is 0 Å². The zero-order valence-corrected chi connectivity index (χ0v) is 20.7. The fourth-order valence-corrected chi connectivity index (χ4v) is 5.18. The summed E-state index contributed by atoms with van der Waals surface area (Å²) in [5, 5.41) is 14.6. The zero-order valence-electron chi connectivity index (χ0n) is 16.7. The van der Waals surface area contributed by atoms with E-state index in [4.69, 9.17) is 0 Å². The van der Waals surface area contributed by atoms with E-state index in [9.17, 15) is 18.5 Å². The maximum Gasteiger partial charge on any atom is 0.270 e. The topological polar surface area (TPSA) is 117 Å². The van der Waals surface area contributed by atoms with Gasteiger partial charge in [0, 0.05) is 56.4 Å². The normalized spacial score (nSPS) is 17.7. The lowest BCUT2D eigenvalue weighted by molar-refractivity contribution is -0.385. The molecule has 1 saturated heterocycles. The van der Waals surface area contributed by atoms with E-state index < -0.39 is 14.9 Å². The Morgan fingerprint density at radius 1 is 1.41 bits per heavy atom. The predicted octanol–water partition coefficient (Wildman–Crippen LogP) is 2.14. The van der Waals surface area contributed by atoms with Gasteiger partial charge in [-0.05, 0) is 12.0 Å². The van der Waals surface area contributed by atoms with E-state index in [1.165, 1.54) is 18.2 Å². The van der Waals surface area contributed by atoms with Crippen molar-refractivity contribution in [3.8, 4) is 0 Å². The molecule has 1 aromatic carbocycles. The summed E-state index contributed by atoms with van der Waals surface area (Å²) in [7, 11) is -2.11. The Morgan fingerprint density at radius 2 is 2.14 bits per heavy atom. The number of nitrogens with one attached hydrogen (secondary N) is 2. The maximum atomic E-state index is 12.3. The van der Waals surface area contributed by atoms with Gasteiger partial charge in [-0.25, -0.2) is 13.1 Å². The van der Waals surface area contributed by atoms with Crippen molar-refractivity contribution in [2.75, 3.05) is 39.0 Å². The molecule has 12 heteroatoms. The van der Waals surface area contributed by atoms with Crippen molar-refractivity contribution in [3.63, 3.8) is 0 Å². The van der Waals surface area contributed by atoms with Crippen molar-refractivity contribution in [2.24, 2.45) is 10.9 Å². The highest BCUT2D eigenvalue weighted by Crippen LogP contribution is 2.24. The summed E-state index contributed by atoms with van der Waals surface area (Å²) in [4.78, 5) is 16.6. The fourth-order valence-electron chi connectivity index (χ4n) is 2.81. The zero-order chi connectivity index (χ0) is 20.7. The Labute approximate surface area is 193 Å². The number of hydrogen-bond donors (Lipinski definition) is 2. The van der Waals surface area contributed by atoms with Crippen molar-refractivity contribution >= 4 is 57.4 Å². The van der Waals surface area contributed by atoms with Gasteiger partial charge in [0.1, 0.15) is 0 Å². The Balaban J connectivity index is 0.00000420. The number of thioether (sulfide) groups is 1. The summed E-state index contributed by atoms with van der Waals surface area (Å²) in [6.45, 7) is 6.71. The molecular weight excluding hydrogens is 529 g/mol. The highest BCUT2D eigenvalue weighted by Gasteiger charge is 2.25. The molecule has 0 spiro atoms. The van der Waals surface area contributed by atoms with E-state index in [0.29, 0.717) is 17.7 Å². The van der Waals surface area contributed by atoms with Gasteiger partial charge in [0.25, 0.3) is 5.69 Å². The lowest BCUT2D eigenvalue weighted by Gasteiger charge is -2.36. The maximum absolute atomic E-state index is 12.3. The molecule has 1 atom stereocenters. The van der Waals surface area contributed by atoms with E-state index in [2.05, 4.69) is 33.8 Å². The molecule has 0 bridgehead atoms. The average Bonchev–Trinajstić information content (AvgIpc) is 2.68. The highest BCUT2D eigenvalue weighted by molar-refractivity contribution is 14.0. The van der Waals surface area contributed by atoms with Crippen LogP contribution in [-0.2, 0) is 10.0 Å². The Hall–Kier alpha value is -1.12. The summed E-state index contributed by atoms with van der Waals surface area (Å²) < 4.78 is 27.1. The third-order valence-corrected chi connectivity index (χ3v) is 7.39. The lowest BCUT2D eigenvalue weighted by Crippen LogP contribution is -2.50. The number of hydrogen-bond acceptors (Lipinski definition) is 6. The molecule has 0 aliphatic carbocycles. The molecule has 9 nitrogen and oxygen atoms in total. The molecule has 0 radical (unpaired) electrons. The van der Waals surface area contributed by atoms with Crippen LogP contribution in [-0.4, -0.2) is 68.4 Å². The van der Waals surface area contributed by atoms with Gasteiger partial charge in [-0.15, -0.1) is 24.0 Å². The lowest BCUT2D eigenvalue weighted by atomic mass is 10.1. The van der Waals surface area contributed by atoms with Crippen LogP contribution in [0.25, 0.3) is 0 Å². The number of aliphatic imine (C=N–C) groups is 1. The Morgan fingerprint density at radius 3 is 2.76 bits per heavy atom. The minimum absolute atomic E-state index is 0. The van der Waals surface area contributed by atoms with Crippen molar-refractivity contribution < 1.29 is 13.3 Å². The molecule has 1 aliphatic rings. The van der Waals surface area contributed by atoms with Crippen molar-refractivity contribution in [1.29, 1.82) is 0 Å². The molecule has 1 unspecified atom stereocenters. The summed E-state index contributed by atoms with van der Waals surface area (Å²) >= 11 is 1.97. The second-order valence-electron chi connectivity index (χ2n) is 6.73. The minimum atomic E-state index is -3.82. The number of guanidine groups is 1. The molecular formula is C17H28IN5O4S2. The summed E-state index contributed by atoms with van der Waals surface area (Å²) in [6.07, 6.45) is 0. The Bertz CT molecular complexity index is 820. The molecule has 29 heavy (non-hydrogen) atoms. The number of halogens is 1. The molecule has 0 amide bonds. The number of nitrogens with zero attached hydrogens (tertiary/aromatic N) is 3. The van der Waals surface area contributed by atoms with Crippen molar-refractivity contribution in [1.82, 2.24) is 14.9 Å². The molecule has 1 aromatic rings. The van der Waals surface area contributed by atoms with Crippen molar-refractivity contribution in [3.05, 3.63) is 34.4 Å². The van der Waals surface area contributed by atoms with Crippen LogP contribution in [0.3, 0.4) is 0 Å². The number of rotatable bonds is 7. The molecule has 1 heterocycles. The molecule has 0 saturated carbocycles. The molecule has 2 rings (SSSR count). The first-order valence-electron chi connectivity index (χ1n) is 9.06. The van der Waals surface area contributed by atoms with Crippen LogP contribution in [0.1, 0.15) is 13.8 Å². The van der Waals surface area contributed by atoms with Crippen LogP contribution in [0.2, 0.25) is 0 Å². The molecule has 164 valence electrons. The number of benzene rings is 1. The number of nitro groups is 1. The highest BCUT2D eigenvalue weighted by atomic mass is 127. The largest absolute Gasteiger partial charge is 0.355 e. The number of nitro benzene ring substituents is 1. The van der Waals surface area contributed by atoms with Gasteiger partial charge in [0.05, 0.1) is 9.82 Å². The van der Waals surface area contributed by atoms with Crippen LogP contribution in [0.4, 0.5) is 5.69 Å². The van der Waals surface area contributed by atoms with Gasteiger partial charge < -0.3 is 10.2 Å². The SMILES string of the molecule is CN=C(NCCNS(=O)(=O)c1cccc([N+](=O)[O-])c1)N1CCSC(C(C)C)C1.I. The third kappa shape index (κ3) is 7.57. The number of non-ortho nitro benzene ring substituents is 1. The predicted molar refractivity (Wildman–Crippen MR) is 128 cm³/mol. The Kier molecular flexibility index (Phi) is 10.6. The first kappa shape index (κ1) is 25.9. The second kappa shape index (κ2) is 11.9. The third-order valence-electron chi connectivity index (χ3n) is 4.39. The number of sulfonamides is 1. The monoisotopic (exact) mass is 557 g/mol. The van der Waals surface area contributed by atoms with Crippen LogP contribution in [0.15, 0.2) is 34.2 Å². The van der Waals surface area contributed by atoms with Gasteiger partial charge in [-0.3, -0.25) is 15.1 Å². The smallest absolute Gasteiger partial charge is 0.270 e. The van der Waals surface area contributed by atoms with Crippen LogP contribution >= 0.6 is 35.7 Å². The molecule has 0 aromatic heterocycles. The van der Waals surface area contributed by atoms with Gasteiger partial charge in [-0.1, -0.05) is 19.9 Å². The van der Waals surface area contributed by atoms with Gasteiger partial charge >= 0.3 is 0 Å². The van der Waals surface area contributed by atoms with Crippen LogP contribution in [0, 0.1) is 16.0 Å². The molecule has 1 aliphatic heterocycles. The standard InChI is InChI=1S/C17H27N5O4S2.HI/c1-13(2)16-12-21(9-10-27-16)17(18-3)19-7-8-20-28(25,26)15-6-4-5-14(11-15)22(23)24;/h4-6,11,13,16,20H,7-10,12H2,1-3H3,(H,18,19);1H. The minimum Gasteiger partial charge on any atom is -0.355 e. The summed E-state index contributed by atoms with van der Waals surface area (Å²) in [6, 6.07) is 4.99. The quantitative estimate of drug-likeness (QED) is 0.132. The van der Waals surface area contributed by atoms with Gasteiger partial charge in [-0.2, -0.15) is 11.8 Å². The van der Waals surface area contributed by atoms with E-state index in [1.54, 1.807) is 7.05 Å². The van der Waals surface area contributed by atoms with Gasteiger partial charge in [0.2, 0.25) is 10.0 Å². The summed E-state index contributed by atoms with van der Waals surface area (Å²) in [5.74, 6) is 2.36. The summed E-state index contributed by atoms with van der Waals surface area (Å²) in [5.41, 5.74) is -0.260. The average molecular weight is 557 g/mol. The van der Waals surface area contributed by atoms with E-state index in [0.717, 1.165) is 30.9 Å². The molecule has 1 fully saturated rings. The van der Waals surface area contributed by atoms with Gasteiger partial charge in [0.15, 0.2) is 5.96 Å². The van der Waals surface area contributed by atoms with Crippen molar-refractivity contribution in [2.45, 2.75) is 24.0 Å². The van der Waals surface area contributed by atoms with E-state index in [-0.39, 0.29) is 41.1 Å². The molecule has 2 N–H and O–H groups in total. The fraction of sp³-hybridized carbons (Fsp3) is 0.588. The first-order chi connectivity index (χ1) is 13.2. The van der Waals surface area contributed by atoms with Crippen LogP contribution < -0.4 is 10.0 Å². The first-order valence-corrected chi connectivity index (χ1v) is 11.6. The van der Waals surface area contributed by atoms with E-state index in [1.807, 2.05) is 11.8 Å².